The second-order valence-electron chi connectivity index (χ2n) is 5.08. The minimum absolute atomic E-state index is 0.201. The average Bonchev–Trinajstić information content (AvgIpc) is 2.56. The molecule has 0 fully saturated rings. The highest BCUT2D eigenvalue weighted by Gasteiger charge is 2.22. The van der Waals surface area contributed by atoms with Crippen LogP contribution in [-0.2, 0) is 20.6 Å². The van der Waals surface area contributed by atoms with Crippen LogP contribution in [0.2, 0.25) is 5.15 Å². The molecule has 1 N–H and O–H groups in total. The SMILES string of the molecule is CC(Oc1ccccc1C#N)C(=O)NS(=O)(=O)Cc1ccc(Cl)nc1. The van der Waals surface area contributed by atoms with Gasteiger partial charge in [-0.05, 0) is 30.7 Å². The molecule has 2 rings (SSSR count). The lowest BCUT2D eigenvalue weighted by Crippen LogP contribution is -2.40. The van der Waals surface area contributed by atoms with Gasteiger partial charge in [-0.2, -0.15) is 5.26 Å². The van der Waals surface area contributed by atoms with Crippen molar-refractivity contribution in [1.29, 1.82) is 5.26 Å². The number of benzene rings is 1. The van der Waals surface area contributed by atoms with Crippen LogP contribution in [0, 0.1) is 11.3 Å². The van der Waals surface area contributed by atoms with Gasteiger partial charge in [-0.3, -0.25) is 4.79 Å². The van der Waals surface area contributed by atoms with Crippen molar-refractivity contribution >= 4 is 27.5 Å². The van der Waals surface area contributed by atoms with Crippen LogP contribution in [-0.4, -0.2) is 25.4 Å². The maximum Gasteiger partial charge on any atom is 0.274 e. The van der Waals surface area contributed by atoms with Gasteiger partial charge in [0.15, 0.2) is 6.10 Å². The molecule has 25 heavy (non-hydrogen) atoms. The van der Waals surface area contributed by atoms with E-state index in [1.807, 2.05) is 10.8 Å². The highest BCUT2D eigenvalue weighted by atomic mass is 35.5. The van der Waals surface area contributed by atoms with E-state index >= 15 is 0 Å². The number of nitrogens with zero attached hydrogens (tertiary/aromatic N) is 2. The monoisotopic (exact) mass is 379 g/mol. The Morgan fingerprint density at radius 1 is 1.36 bits per heavy atom. The lowest BCUT2D eigenvalue weighted by Gasteiger charge is -2.15. The zero-order valence-corrected chi connectivity index (χ0v) is 14.7. The van der Waals surface area contributed by atoms with E-state index in [1.54, 1.807) is 12.1 Å². The zero-order valence-electron chi connectivity index (χ0n) is 13.1. The summed E-state index contributed by atoms with van der Waals surface area (Å²) in [5.41, 5.74) is 0.630. The molecule has 0 aliphatic carbocycles. The third kappa shape index (κ3) is 5.45. The summed E-state index contributed by atoms with van der Waals surface area (Å²) in [6.07, 6.45) is 0.211. The number of aromatic nitrogens is 1. The van der Waals surface area contributed by atoms with Gasteiger partial charge in [0.25, 0.3) is 5.91 Å². The molecule has 0 radical (unpaired) electrons. The third-order valence-electron chi connectivity index (χ3n) is 3.08. The summed E-state index contributed by atoms with van der Waals surface area (Å²) in [6.45, 7) is 1.39. The summed E-state index contributed by atoms with van der Waals surface area (Å²) < 4.78 is 31.5. The second-order valence-corrected chi connectivity index (χ2v) is 7.19. The fourth-order valence-electron chi connectivity index (χ4n) is 1.89. The van der Waals surface area contributed by atoms with Gasteiger partial charge in [-0.1, -0.05) is 29.8 Å². The number of nitrogens with one attached hydrogen (secondary N) is 1. The second kappa shape index (κ2) is 7.96. The van der Waals surface area contributed by atoms with Gasteiger partial charge in [0.1, 0.15) is 17.0 Å². The van der Waals surface area contributed by atoms with Gasteiger partial charge in [0.2, 0.25) is 10.0 Å². The van der Waals surface area contributed by atoms with Crippen molar-refractivity contribution in [3.8, 4) is 11.8 Å². The molecule has 1 unspecified atom stereocenters. The number of pyridine rings is 1. The number of sulfonamides is 1. The van der Waals surface area contributed by atoms with Crippen LogP contribution in [0.3, 0.4) is 0 Å². The van der Waals surface area contributed by atoms with E-state index in [0.29, 0.717) is 5.56 Å². The predicted molar refractivity (Wildman–Crippen MR) is 91.3 cm³/mol. The largest absolute Gasteiger partial charge is 0.479 e. The van der Waals surface area contributed by atoms with Crippen LogP contribution < -0.4 is 9.46 Å². The Labute approximate surface area is 150 Å². The molecule has 1 aromatic heterocycles. The molecule has 9 heteroatoms. The first-order chi connectivity index (χ1) is 11.8. The lowest BCUT2D eigenvalue weighted by atomic mass is 10.2. The summed E-state index contributed by atoms with van der Waals surface area (Å²) in [5, 5.41) is 9.24. The Morgan fingerprint density at radius 2 is 2.08 bits per heavy atom. The first-order valence-corrected chi connectivity index (χ1v) is 9.14. The number of para-hydroxylation sites is 1. The normalized spacial score (nSPS) is 12.0. The quantitative estimate of drug-likeness (QED) is 0.769. The number of hydrogen-bond acceptors (Lipinski definition) is 6. The zero-order chi connectivity index (χ0) is 18.4. The molecule has 0 bridgehead atoms. The highest BCUT2D eigenvalue weighted by Crippen LogP contribution is 2.18. The van der Waals surface area contributed by atoms with E-state index in [4.69, 9.17) is 21.6 Å². The summed E-state index contributed by atoms with van der Waals surface area (Å²) in [6, 6.07) is 11.2. The number of amides is 1. The van der Waals surface area contributed by atoms with Crippen LogP contribution in [0.25, 0.3) is 0 Å². The Bertz CT molecular complexity index is 908. The number of nitriles is 1. The van der Waals surface area contributed by atoms with Gasteiger partial charge in [-0.15, -0.1) is 0 Å². The summed E-state index contributed by atoms with van der Waals surface area (Å²) in [5.74, 6) is -1.06. The number of carbonyl (C=O) groups excluding carboxylic acids is 1. The van der Waals surface area contributed by atoms with Gasteiger partial charge >= 0.3 is 0 Å². The molecule has 1 heterocycles. The van der Waals surface area contributed by atoms with Gasteiger partial charge < -0.3 is 4.74 Å². The smallest absolute Gasteiger partial charge is 0.274 e. The van der Waals surface area contributed by atoms with E-state index in [1.165, 1.54) is 37.4 Å². The van der Waals surface area contributed by atoms with Crippen molar-refractivity contribution in [2.24, 2.45) is 0 Å². The maximum absolute atomic E-state index is 12.1. The molecule has 1 aromatic carbocycles. The fraction of sp³-hybridized carbons (Fsp3) is 0.188. The van der Waals surface area contributed by atoms with Crippen LogP contribution in [0.4, 0.5) is 0 Å². The third-order valence-corrected chi connectivity index (χ3v) is 4.53. The van der Waals surface area contributed by atoms with Crippen LogP contribution in [0.15, 0.2) is 42.6 Å². The minimum atomic E-state index is -3.93. The summed E-state index contributed by atoms with van der Waals surface area (Å²) >= 11 is 5.64. The molecular weight excluding hydrogens is 366 g/mol. The van der Waals surface area contributed by atoms with Gasteiger partial charge in [0.05, 0.1) is 11.3 Å². The Balaban J connectivity index is 2.02. The molecular formula is C16H14ClN3O4S. The molecule has 0 saturated carbocycles. The molecule has 7 nitrogen and oxygen atoms in total. The predicted octanol–water partition coefficient (Wildman–Crippen LogP) is 2.02. The summed E-state index contributed by atoms with van der Waals surface area (Å²) in [4.78, 5) is 15.9. The Hall–Kier alpha value is -2.63. The topological polar surface area (TPSA) is 109 Å². The fourth-order valence-corrected chi connectivity index (χ4v) is 3.16. The number of rotatable bonds is 6. The molecule has 0 spiro atoms. The highest BCUT2D eigenvalue weighted by molar-refractivity contribution is 7.89. The number of carbonyl (C=O) groups is 1. The lowest BCUT2D eigenvalue weighted by molar-refractivity contribution is -0.125. The van der Waals surface area contributed by atoms with Gasteiger partial charge in [-0.25, -0.2) is 18.1 Å². The van der Waals surface area contributed by atoms with E-state index in [9.17, 15) is 13.2 Å². The van der Waals surface area contributed by atoms with Crippen molar-refractivity contribution in [3.05, 3.63) is 58.9 Å². The molecule has 2 aromatic rings. The van der Waals surface area contributed by atoms with Crippen LogP contribution in [0.1, 0.15) is 18.1 Å². The Kier molecular flexibility index (Phi) is 5.96. The van der Waals surface area contributed by atoms with Crippen molar-refractivity contribution in [2.75, 3.05) is 0 Å². The van der Waals surface area contributed by atoms with Crippen molar-refractivity contribution < 1.29 is 17.9 Å². The van der Waals surface area contributed by atoms with Crippen molar-refractivity contribution in [2.45, 2.75) is 18.8 Å². The minimum Gasteiger partial charge on any atom is -0.479 e. The standard InChI is InChI=1S/C16H14ClN3O4S/c1-11(24-14-5-3-2-4-13(14)8-18)16(21)20-25(22,23)10-12-6-7-15(17)19-9-12/h2-7,9,11H,10H2,1H3,(H,20,21). The molecule has 0 saturated heterocycles. The number of halogens is 1. The van der Waals surface area contributed by atoms with Crippen molar-refractivity contribution in [1.82, 2.24) is 9.71 Å². The van der Waals surface area contributed by atoms with Crippen molar-refractivity contribution in [3.63, 3.8) is 0 Å². The van der Waals surface area contributed by atoms with Crippen LogP contribution >= 0.6 is 11.6 Å². The molecule has 1 amide bonds. The molecule has 0 aliphatic heterocycles. The first kappa shape index (κ1) is 18.7. The van der Waals surface area contributed by atoms with E-state index < -0.39 is 27.8 Å². The number of ether oxygens (including phenoxy) is 1. The molecule has 1 atom stereocenters. The first-order valence-electron chi connectivity index (χ1n) is 7.11. The maximum atomic E-state index is 12.1. The average molecular weight is 380 g/mol. The van der Waals surface area contributed by atoms with E-state index in [2.05, 4.69) is 4.98 Å². The molecule has 130 valence electrons. The van der Waals surface area contributed by atoms with Gasteiger partial charge in [0, 0.05) is 6.20 Å². The van der Waals surface area contributed by atoms with E-state index in [-0.39, 0.29) is 16.5 Å². The number of hydrogen-bond donors (Lipinski definition) is 1. The molecule has 0 aliphatic rings. The Morgan fingerprint density at radius 3 is 2.72 bits per heavy atom. The summed E-state index contributed by atoms with van der Waals surface area (Å²) in [7, 11) is -3.93. The van der Waals surface area contributed by atoms with E-state index in [0.717, 1.165) is 0 Å². The van der Waals surface area contributed by atoms with Crippen LogP contribution in [0.5, 0.6) is 5.75 Å².